The number of hydrogen-bond donors (Lipinski definition) is 0. The van der Waals surface area contributed by atoms with E-state index in [1.165, 1.54) is 13.0 Å². The van der Waals surface area contributed by atoms with Gasteiger partial charge in [-0.3, -0.25) is 19.1 Å². The van der Waals surface area contributed by atoms with Gasteiger partial charge in [0.2, 0.25) is 0 Å². The van der Waals surface area contributed by atoms with Crippen LogP contribution in [0, 0.1) is 5.92 Å². The lowest BCUT2D eigenvalue weighted by Crippen LogP contribution is -2.34. The molecule has 0 fully saturated rings. The molecule has 0 radical (unpaired) electrons. The van der Waals surface area contributed by atoms with Crippen molar-refractivity contribution in [1.82, 2.24) is 9.78 Å². The highest BCUT2D eigenvalue weighted by atomic mass is 16.5. The Labute approximate surface area is 202 Å². The molecule has 0 saturated heterocycles. The number of esters is 1. The molecule has 0 amide bonds. The number of nitrogens with zero attached hydrogens (tertiary/aromatic N) is 2. The zero-order chi connectivity index (χ0) is 24.9. The highest BCUT2D eigenvalue weighted by Crippen LogP contribution is 2.33. The van der Waals surface area contributed by atoms with Gasteiger partial charge in [0.25, 0.3) is 0 Å². The van der Waals surface area contributed by atoms with E-state index < -0.39 is 23.5 Å². The molecule has 2 aromatic carbocycles. The average Bonchev–Trinajstić information content (AvgIpc) is 3.24. The summed E-state index contributed by atoms with van der Waals surface area (Å²) in [5, 5.41) is 4.73. The molecule has 35 heavy (non-hydrogen) atoms. The third kappa shape index (κ3) is 5.22. The number of methoxy groups -OCH3 is 2. The molecular formula is C27H24N2O6. The molecule has 8 heteroatoms. The van der Waals surface area contributed by atoms with Crippen LogP contribution in [0.2, 0.25) is 0 Å². The van der Waals surface area contributed by atoms with Crippen LogP contribution in [0.5, 0.6) is 11.5 Å². The van der Waals surface area contributed by atoms with Crippen molar-refractivity contribution in [3.05, 3.63) is 83.8 Å². The summed E-state index contributed by atoms with van der Waals surface area (Å²) in [6, 6.07) is 15.2. The molecule has 1 aromatic heterocycles. The second kappa shape index (κ2) is 10.2. The maximum atomic E-state index is 12.7. The van der Waals surface area contributed by atoms with Gasteiger partial charge in [0.05, 0.1) is 26.5 Å². The van der Waals surface area contributed by atoms with E-state index in [1.54, 1.807) is 43.3 Å². The maximum Gasteiger partial charge on any atom is 0.329 e. The summed E-state index contributed by atoms with van der Waals surface area (Å²) in [5.74, 6) is -2.34. The molecular weight excluding hydrogens is 448 g/mol. The van der Waals surface area contributed by atoms with Gasteiger partial charge < -0.3 is 14.2 Å². The van der Waals surface area contributed by atoms with Gasteiger partial charge in [-0.05, 0) is 42.8 Å². The van der Waals surface area contributed by atoms with Gasteiger partial charge in [0.1, 0.15) is 5.76 Å². The molecule has 0 N–H and O–H groups in total. The largest absolute Gasteiger partial charge is 0.493 e. The van der Waals surface area contributed by atoms with Crippen LogP contribution in [-0.2, 0) is 25.7 Å². The van der Waals surface area contributed by atoms with Crippen molar-refractivity contribution in [3.63, 3.8) is 0 Å². The van der Waals surface area contributed by atoms with E-state index in [0.717, 1.165) is 17.2 Å². The molecule has 8 nitrogen and oxygen atoms in total. The lowest BCUT2D eigenvalue weighted by atomic mass is 9.95. The quantitative estimate of drug-likeness (QED) is 0.279. The molecule has 178 valence electrons. The van der Waals surface area contributed by atoms with Crippen molar-refractivity contribution in [2.24, 2.45) is 5.92 Å². The van der Waals surface area contributed by atoms with Gasteiger partial charge in [-0.1, -0.05) is 30.3 Å². The number of hydrogen-bond acceptors (Lipinski definition) is 7. The number of carbonyl (C=O) groups is 3. The van der Waals surface area contributed by atoms with Crippen molar-refractivity contribution in [1.29, 1.82) is 0 Å². The van der Waals surface area contributed by atoms with Crippen molar-refractivity contribution in [2.45, 2.75) is 13.5 Å². The van der Waals surface area contributed by atoms with Crippen LogP contribution in [0.25, 0.3) is 17.3 Å². The maximum absolute atomic E-state index is 12.7. The Balaban J connectivity index is 1.70. The molecule has 0 saturated carbocycles. The first-order chi connectivity index (χ1) is 16.9. The Morgan fingerprint density at radius 1 is 1.09 bits per heavy atom. The standard InChI is InChI=1S/C27H24N2O6/c1-17-13-22(31)25(27(32)35-17)21(30)11-9-20-16-29(15-18-7-5-4-6-8-18)28-26(20)19-10-12-23(33-2)24(14-19)34-3/h4-14,16,25H,15H2,1-3H3/b11-9+. The van der Waals surface area contributed by atoms with E-state index in [4.69, 9.17) is 19.3 Å². The highest BCUT2D eigenvalue weighted by Gasteiger charge is 2.36. The molecule has 0 aliphatic carbocycles. The highest BCUT2D eigenvalue weighted by molar-refractivity contribution is 6.25. The molecule has 1 atom stereocenters. The fourth-order valence-electron chi connectivity index (χ4n) is 3.79. The van der Waals surface area contributed by atoms with E-state index in [0.29, 0.717) is 29.3 Å². The predicted molar refractivity (Wildman–Crippen MR) is 129 cm³/mol. The molecule has 3 aromatic rings. The summed E-state index contributed by atoms with van der Waals surface area (Å²) in [6.45, 7) is 2.00. The lowest BCUT2D eigenvalue weighted by molar-refractivity contribution is -0.151. The molecule has 1 aliphatic rings. The van der Waals surface area contributed by atoms with Crippen molar-refractivity contribution < 1.29 is 28.6 Å². The lowest BCUT2D eigenvalue weighted by Gasteiger charge is -2.15. The summed E-state index contributed by atoms with van der Waals surface area (Å²) < 4.78 is 17.5. The van der Waals surface area contributed by atoms with Gasteiger partial charge in [-0.2, -0.15) is 5.10 Å². The molecule has 4 rings (SSSR count). The van der Waals surface area contributed by atoms with Gasteiger partial charge >= 0.3 is 5.97 Å². The van der Waals surface area contributed by atoms with Crippen LogP contribution in [0.15, 0.2) is 72.6 Å². The predicted octanol–water partition coefficient (Wildman–Crippen LogP) is 3.84. The minimum Gasteiger partial charge on any atom is -0.493 e. The number of ether oxygens (including phenoxy) is 3. The van der Waals surface area contributed by atoms with Crippen LogP contribution in [0.4, 0.5) is 0 Å². The van der Waals surface area contributed by atoms with Crippen LogP contribution < -0.4 is 9.47 Å². The van der Waals surface area contributed by atoms with Crippen LogP contribution >= 0.6 is 0 Å². The molecule has 1 unspecified atom stereocenters. The van der Waals surface area contributed by atoms with E-state index in [-0.39, 0.29) is 5.76 Å². The number of allylic oxidation sites excluding steroid dienone is 3. The molecule has 1 aliphatic heterocycles. The summed E-state index contributed by atoms with van der Waals surface area (Å²) in [6.07, 6.45) is 5.72. The van der Waals surface area contributed by atoms with E-state index >= 15 is 0 Å². The second-order valence-corrected chi connectivity index (χ2v) is 7.93. The fourth-order valence-corrected chi connectivity index (χ4v) is 3.79. The Morgan fingerprint density at radius 3 is 2.51 bits per heavy atom. The summed E-state index contributed by atoms with van der Waals surface area (Å²) in [4.78, 5) is 37.1. The SMILES string of the molecule is COc1ccc(-c2nn(Cc3ccccc3)cc2/C=C/C(=O)C2C(=O)C=C(C)OC2=O)cc1OC. The number of cyclic esters (lactones) is 1. The minimum absolute atomic E-state index is 0.172. The van der Waals surface area contributed by atoms with E-state index in [1.807, 2.05) is 36.4 Å². The van der Waals surface area contributed by atoms with Crippen molar-refractivity contribution >= 4 is 23.6 Å². The number of rotatable bonds is 8. The first-order valence-corrected chi connectivity index (χ1v) is 10.9. The Hall–Kier alpha value is -4.46. The summed E-state index contributed by atoms with van der Waals surface area (Å²) >= 11 is 0. The first-order valence-electron chi connectivity index (χ1n) is 10.9. The zero-order valence-corrected chi connectivity index (χ0v) is 19.6. The van der Waals surface area contributed by atoms with E-state index in [2.05, 4.69) is 0 Å². The molecule has 2 heterocycles. The molecule has 0 bridgehead atoms. The van der Waals surface area contributed by atoms with Crippen molar-refractivity contribution in [3.8, 4) is 22.8 Å². The average molecular weight is 472 g/mol. The summed E-state index contributed by atoms with van der Waals surface area (Å²) in [7, 11) is 3.10. The fraction of sp³-hybridized carbons (Fsp3) is 0.185. The van der Waals surface area contributed by atoms with Crippen molar-refractivity contribution in [2.75, 3.05) is 14.2 Å². The number of benzene rings is 2. The van der Waals surface area contributed by atoms with Gasteiger partial charge in [-0.15, -0.1) is 0 Å². The Kier molecular flexibility index (Phi) is 6.91. The first kappa shape index (κ1) is 23.7. The number of aromatic nitrogens is 2. The monoisotopic (exact) mass is 472 g/mol. The second-order valence-electron chi connectivity index (χ2n) is 7.93. The zero-order valence-electron chi connectivity index (χ0n) is 19.6. The third-order valence-corrected chi connectivity index (χ3v) is 5.47. The van der Waals surface area contributed by atoms with Gasteiger partial charge in [0.15, 0.2) is 29.0 Å². The third-order valence-electron chi connectivity index (χ3n) is 5.47. The normalized spacial score (nSPS) is 15.6. The Bertz CT molecular complexity index is 1340. The van der Waals surface area contributed by atoms with Gasteiger partial charge in [-0.25, -0.2) is 0 Å². The van der Waals surface area contributed by atoms with Gasteiger partial charge in [0, 0.05) is 23.4 Å². The number of carbonyl (C=O) groups excluding carboxylic acids is 3. The number of ketones is 2. The minimum atomic E-state index is -1.50. The van der Waals surface area contributed by atoms with Crippen LogP contribution in [0.1, 0.15) is 18.1 Å². The topological polar surface area (TPSA) is 96.7 Å². The summed E-state index contributed by atoms with van der Waals surface area (Å²) in [5.41, 5.74) is 3.02. The smallest absolute Gasteiger partial charge is 0.329 e. The van der Waals surface area contributed by atoms with Crippen LogP contribution in [0.3, 0.4) is 0 Å². The van der Waals surface area contributed by atoms with E-state index in [9.17, 15) is 14.4 Å². The Morgan fingerprint density at radius 2 is 1.83 bits per heavy atom. The van der Waals surface area contributed by atoms with Crippen LogP contribution in [-0.4, -0.2) is 41.5 Å². The molecule has 0 spiro atoms.